The van der Waals surface area contributed by atoms with Crippen LogP contribution >= 0.6 is 22.9 Å². The van der Waals surface area contributed by atoms with Crippen LogP contribution in [0.2, 0.25) is 4.34 Å². The molecule has 0 atom stereocenters. The lowest BCUT2D eigenvalue weighted by Crippen LogP contribution is -2.58. The SMILES string of the molecule is CCCN(C1CNC1)S(=O)(=O)c1cc([N+](=O)[O-])c(Cl)s1. The quantitative estimate of drug-likeness (QED) is 0.628. The van der Waals surface area contributed by atoms with E-state index < -0.39 is 14.9 Å². The van der Waals surface area contributed by atoms with Crippen LogP contribution in [0.1, 0.15) is 13.3 Å². The fourth-order valence-corrected chi connectivity index (χ4v) is 5.41. The van der Waals surface area contributed by atoms with Crippen molar-refractivity contribution < 1.29 is 13.3 Å². The highest BCUT2D eigenvalue weighted by atomic mass is 35.5. The summed E-state index contributed by atoms with van der Waals surface area (Å²) >= 11 is 6.47. The molecule has 0 unspecified atom stereocenters. The van der Waals surface area contributed by atoms with E-state index in [1.54, 1.807) is 0 Å². The first-order valence-corrected chi connectivity index (χ1v) is 8.67. The standard InChI is InChI=1S/C10H14ClN3O4S2/c1-2-3-13(7-5-12-6-7)20(17,18)9-4-8(14(15)16)10(11)19-9/h4,7,12H,2-3,5-6H2,1H3. The number of rotatable bonds is 6. The van der Waals surface area contributed by atoms with Gasteiger partial charge in [0.05, 0.1) is 11.0 Å². The zero-order chi connectivity index (χ0) is 14.9. The first-order chi connectivity index (χ1) is 9.37. The maximum Gasteiger partial charge on any atom is 0.300 e. The number of halogens is 1. The minimum Gasteiger partial charge on any atom is -0.313 e. The molecule has 2 rings (SSSR count). The highest BCUT2D eigenvalue weighted by Gasteiger charge is 2.36. The zero-order valence-corrected chi connectivity index (χ0v) is 13.1. The van der Waals surface area contributed by atoms with Crippen LogP contribution in [0.4, 0.5) is 5.69 Å². The Morgan fingerprint density at radius 1 is 1.60 bits per heavy atom. The smallest absolute Gasteiger partial charge is 0.300 e. The van der Waals surface area contributed by atoms with Crippen LogP contribution in [0.25, 0.3) is 0 Å². The number of nitrogens with one attached hydrogen (secondary N) is 1. The van der Waals surface area contributed by atoms with Gasteiger partial charge in [-0.3, -0.25) is 10.1 Å². The second kappa shape index (κ2) is 5.94. The first-order valence-electron chi connectivity index (χ1n) is 6.04. The van der Waals surface area contributed by atoms with E-state index in [2.05, 4.69) is 5.32 Å². The van der Waals surface area contributed by atoms with Crippen LogP contribution in [-0.4, -0.2) is 43.3 Å². The van der Waals surface area contributed by atoms with Crippen molar-refractivity contribution in [2.45, 2.75) is 23.6 Å². The number of nitro groups is 1. The summed E-state index contributed by atoms with van der Waals surface area (Å²) in [6.45, 7) is 3.47. The van der Waals surface area contributed by atoms with Crippen LogP contribution in [0.15, 0.2) is 10.3 Å². The summed E-state index contributed by atoms with van der Waals surface area (Å²) in [5, 5.41) is 13.8. The van der Waals surface area contributed by atoms with E-state index in [9.17, 15) is 18.5 Å². The molecule has 20 heavy (non-hydrogen) atoms. The van der Waals surface area contributed by atoms with E-state index in [1.807, 2.05) is 6.92 Å². The maximum absolute atomic E-state index is 12.6. The molecule has 2 heterocycles. The Morgan fingerprint density at radius 2 is 2.25 bits per heavy atom. The third kappa shape index (κ3) is 2.82. The van der Waals surface area contributed by atoms with Crippen molar-refractivity contribution in [2.24, 2.45) is 0 Å². The number of hydrogen-bond acceptors (Lipinski definition) is 6. The Labute approximate surface area is 125 Å². The Bertz CT molecular complexity index is 612. The van der Waals surface area contributed by atoms with Gasteiger partial charge in [0.2, 0.25) is 0 Å². The highest BCUT2D eigenvalue weighted by molar-refractivity contribution is 7.91. The molecule has 1 fully saturated rings. The average molecular weight is 340 g/mol. The predicted molar refractivity (Wildman–Crippen MR) is 76.8 cm³/mol. The predicted octanol–water partition coefficient (Wildman–Crippen LogP) is 1.68. The van der Waals surface area contributed by atoms with Crippen LogP contribution < -0.4 is 5.32 Å². The molecule has 1 aromatic heterocycles. The van der Waals surface area contributed by atoms with Gasteiger partial charge >= 0.3 is 0 Å². The molecule has 0 amide bonds. The molecular weight excluding hydrogens is 326 g/mol. The number of sulfonamides is 1. The lowest BCUT2D eigenvalue weighted by atomic mass is 10.2. The Kier molecular flexibility index (Phi) is 4.65. The molecule has 10 heteroatoms. The van der Waals surface area contributed by atoms with E-state index in [0.29, 0.717) is 26.1 Å². The lowest BCUT2D eigenvalue weighted by Gasteiger charge is -2.36. The molecule has 7 nitrogen and oxygen atoms in total. The fourth-order valence-electron chi connectivity index (χ4n) is 1.90. The van der Waals surface area contributed by atoms with Crippen molar-refractivity contribution in [2.75, 3.05) is 19.6 Å². The average Bonchev–Trinajstić information content (AvgIpc) is 2.69. The molecule has 1 aliphatic heterocycles. The monoisotopic (exact) mass is 339 g/mol. The van der Waals surface area contributed by atoms with Gasteiger partial charge in [0, 0.05) is 25.7 Å². The van der Waals surface area contributed by atoms with Gasteiger partial charge in [-0.1, -0.05) is 18.5 Å². The van der Waals surface area contributed by atoms with Gasteiger partial charge in [0.25, 0.3) is 15.7 Å². The van der Waals surface area contributed by atoms with Gasteiger partial charge in [-0.15, -0.1) is 11.3 Å². The number of hydrogen-bond donors (Lipinski definition) is 1. The summed E-state index contributed by atoms with van der Waals surface area (Å²) in [6, 6.07) is 0.941. The van der Waals surface area contributed by atoms with Crippen LogP contribution in [0.3, 0.4) is 0 Å². The Balaban J connectivity index is 2.36. The van der Waals surface area contributed by atoms with Gasteiger partial charge < -0.3 is 5.32 Å². The maximum atomic E-state index is 12.6. The topological polar surface area (TPSA) is 92.6 Å². The number of nitrogens with zero attached hydrogens (tertiary/aromatic N) is 2. The summed E-state index contributed by atoms with van der Waals surface area (Å²) < 4.78 is 26.4. The van der Waals surface area contributed by atoms with Gasteiger partial charge in [0.1, 0.15) is 4.21 Å². The largest absolute Gasteiger partial charge is 0.313 e. The third-order valence-corrected chi connectivity index (χ3v) is 6.76. The molecule has 1 N–H and O–H groups in total. The van der Waals surface area contributed by atoms with Gasteiger partial charge in [-0.2, -0.15) is 4.31 Å². The lowest BCUT2D eigenvalue weighted by molar-refractivity contribution is -0.384. The molecule has 1 aromatic rings. The van der Waals surface area contributed by atoms with Gasteiger partial charge in [0.15, 0.2) is 4.34 Å². The van der Waals surface area contributed by atoms with Crippen LogP contribution in [0.5, 0.6) is 0 Å². The van der Waals surface area contributed by atoms with Crippen molar-refractivity contribution in [3.63, 3.8) is 0 Å². The minimum atomic E-state index is -3.74. The molecule has 0 aliphatic carbocycles. The third-order valence-electron chi connectivity index (χ3n) is 3.02. The van der Waals surface area contributed by atoms with Crippen LogP contribution in [-0.2, 0) is 10.0 Å². The van der Waals surface area contributed by atoms with E-state index in [0.717, 1.165) is 17.4 Å². The molecule has 0 radical (unpaired) electrons. The summed E-state index contributed by atoms with van der Waals surface area (Å²) in [5.74, 6) is 0. The summed E-state index contributed by atoms with van der Waals surface area (Å²) in [7, 11) is -3.74. The molecule has 0 saturated carbocycles. The molecule has 112 valence electrons. The molecule has 0 aromatic carbocycles. The first kappa shape index (κ1) is 15.6. The van der Waals surface area contributed by atoms with E-state index in [4.69, 9.17) is 11.6 Å². The summed E-state index contributed by atoms with van der Waals surface area (Å²) in [5.41, 5.74) is -0.363. The highest BCUT2D eigenvalue weighted by Crippen LogP contribution is 2.38. The second-order valence-electron chi connectivity index (χ2n) is 4.41. The minimum absolute atomic E-state index is 0.0745. The van der Waals surface area contributed by atoms with Gasteiger partial charge in [-0.05, 0) is 6.42 Å². The number of thiophene rings is 1. The molecule has 0 bridgehead atoms. The Hall–Kier alpha value is -0.740. The summed E-state index contributed by atoms with van der Waals surface area (Å²) in [4.78, 5) is 10.1. The van der Waals surface area contributed by atoms with Crippen molar-refractivity contribution in [1.82, 2.24) is 9.62 Å². The van der Waals surface area contributed by atoms with Crippen molar-refractivity contribution >= 4 is 38.6 Å². The molecule has 0 spiro atoms. The van der Waals surface area contributed by atoms with E-state index >= 15 is 0 Å². The van der Waals surface area contributed by atoms with Crippen LogP contribution in [0, 0.1) is 10.1 Å². The van der Waals surface area contributed by atoms with Gasteiger partial charge in [-0.25, -0.2) is 8.42 Å². The summed E-state index contributed by atoms with van der Waals surface area (Å²) in [6.07, 6.45) is 0.678. The van der Waals surface area contributed by atoms with Crippen molar-refractivity contribution in [3.8, 4) is 0 Å². The second-order valence-corrected chi connectivity index (χ2v) is 8.18. The molecule has 1 saturated heterocycles. The molecule has 1 aliphatic rings. The fraction of sp³-hybridized carbons (Fsp3) is 0.600. The normalized spacial score (nSPS) is 16.4. The van der Waals surface area contributed by atoms with E-state index in [1.165, 1.54) is 4.31 Å². The van der Waals surface area contributed by atoms with E-state index in [-0.39, 0.29) is 20.3 Å². The Morgan fingerprint density at radius 3 is 2.65 bits per heavy atom. The zero-order valence-electron chi connectivity index (χ0n) is 10.7. The van der Waals surface area contributed by atoms with Crippen molar-refractivity contribution in [1.29, 1.82) is 0 Å². The van der Waals surface area contributed by atoms with Crippen molar-refractivity contribution in [3.05, 3.63) is 20.5 Å². The molecular formula is C10H14ClN3O4S2.